The van der Waals surface area contributed by atoms with Crippen LogP contribution in [0.5, 0.6) is 0 Å². The maximum absolute atomic E-state index is 6.31. The molecule has 0 bridgehead atoms. The highest BCUT2D eigenvalue weighted by Crippen LogP contribution is 2.40. The minimum Gasteiger partial charge on any atom is -0.301 e. The van der Waals surface area contributed by atoms with Gasteiger partial charge in [-0.15, -0.1) is 11.6 Å². The van der Waals surface area contributed by atoms with Crippen LogP contribution in [-0.2, 0) is 12.8 Å². The predicted octanol–water partition coefficient (Wildman–Crippen LogP) is 6.06. The zero-order chi connectivity index (χ0) is 18.4. The van der Waals surface area contributed by atoms with Crippen molar-refractivity contribution >= 4 is 11.6 Å². The molecule has 0 N–H and O–H groups in total. The Morgan fingerprint density at radius 1 is 0.962 bits per heavy atom. The molecular weight excluding hydrogens is 338 g/mol. The van der Waals surface area contributed by atoms with Gasteiger partial charge in [0.2, 0.25) is 0 Å². The first kappa shape index (κ1) is 19.5. The number of aryl methyl sites for hydroxylation is 1. The molecule has 0 radical (unpaired) electrons. The van der Waals surface area contributed by atoms with Crippen molar-refractivity contribution in [2.24, 2.45) is 0 Å². The van der Waals surface area contributed by atoms with Gasteiger partial charge in [-0.05, 0) is 62.3 Å². The highest BCUT2D eigenvalue weighted by molar-refractivity contribution is 6.21. The Kier molecular flexibility index (Phi) is 7.16. The molecule has 140 valence electrons. The first-order chi connectivity index (χ1) is 12.7. The SMILES string of the molecule is CCN(CCc1ccccc1)C(C)CCc1ccc(C2CCC2Cl)cc1. The number of halogens is 1. The van der Waals surface area contributed by atoms with Crippen molar-refractivity contribution in [3.63, 3.8) is 0 Å². The molecule has 0 heterocycles. The quantitative estimate of drug-likeness (QED) is 0.486. The molecule has 0 amide bonds. The molecule has 1 nitrogen and oxygen atoms in total. The monoisotopic (exact) mass is 369 g/mol. The van der Waals surface area contributed by atoms with Gasteiger partial charge in [0.1, 0.15) is 0 Å². The van der Waals surface area contributed by atoms with Crippen LogP contribution in [-0.4, -0.2) is 29.4 Å². The summed E-state index contributed by atoms with van der Waals surface area (Å²) in [6, 6.07) is 20.6. The summed E-state index contributed by atoms with van der Waals surface area (Å²) in [7, 11) is 0. The number of benzene rings is 2. The third-order valence-electron chi connectivity index (χ3n) is 6.01. The van der Waals surface area contributed by atoms with Crippen molar-refractivity contribution in [1.29, 1.82) is 0 Å². The Labute approximate surface area is 164 Å². The van der Waals surface area contributed by atoms with Crippen molar-refractivity contribution in [2.45, 2.75) is 63.3 Å². The van der Waals surface area contributed by atoms with Gasteiger partial charge in [-0.25, -0.2) is 0 Å². The summed E-state index contributed by atoms with van der Waals surface area (Å²) in [4.78, 5) is 2.60. The Morgan fingerprint density at radius 2 is 1.65 bits per heavy atom. The molecule has 3 rings (SSSR count). The summed E-state index contributed by atoms with van der Waals surface area (Å²) in [6.07, 6.45) is 5.91. The molecule has 2 aromatic carbocycles. The Hall–Kier alpha value is -1.31. The fraction of sp³-hybridized carbons (Fsp3) is 0.500. The number of likely N-dealkylation sites (N-methyl/N-ethyl adjacent to an activating group) is 1. The number of rotatable bonds is 9. The smallest absolute Gasteiger partial charge is 0.0404 e. The van der Waals surface area contributed by atoms with Crippen LogP contribution in [0.15, 0.2) is 54.6 Å². The van der Waals surface area contributed by atoms with Crippen molar-refractivity contribution in [3.05, 3.63) is 71.3 Å². The minimum absolute atomic E-state index is 0.351. The summed E-state index contributed by atoms with van der Waals surface area (Å²) in [5.41, 5.74) is 4.30. The Bertz CT molecular complexity index is 652. The summed E-state index contributed by atoms with van der Waals surface area (Å²) in [5, 5.41) is 0.351. The topological polar surface area (TPSA) is 3.24 Å². The molecule has 26 heavy (non-hydrogen) atoms. The second-order valence-corrected chi connectivity index (χ2v) is 8.25. The van der Waals surface area contributed by atoms with E-state index < -0.39 is 0 Å². The van der Waals surface area contributed by atoms with Crippen LogP contribution < -0.4 is 0 Å². The third kappa shape index (κ3) is 5.11. The number of nitrogens with zero attached hydrogens (tertiary/aromatic N) is 1. The van der Waals surface area contributed by atoms with Gasteiger partial charge in [0.05, 0.1) is 0 Å². The average Bonchev–Trinajstić information content (AvgIpc) is 2.67. The van der Waals surface area contributed by atoms with Crippen LogP contribution in [0.4, 0.5) is 0 Å². The van der Waals surface area contributed by atoms with Crippen molar-refractivity contribution in [1.82, 2.24) is 4.90 Å². The van der Waals surface area contributed by atoms with Gasteiger partial charge in [-0.2, -0.15) is 0 Å². The van der Waals surface area contributed by atoms with Gasteiger partial charge in [-0.1, -0.05) is 61.5 Å². The summed E-state index contributed by atoms with van der Waals surface area (Å²) in [5.74, 6) is 0.582. The number of hydrogen-bond donors (Lipinski definition) is 0. The summed E-state index contributed by atoms with van der Waals surface area (Å²) < 4.78 is 0. The zero-order valence-electron chi connectivity index (χ0n) is 16.2. The van der Waals surface area contributed by atoms with Crippen LogP contribution in [0.25, 0.3) is 0 Å². The third-order valence-corrected chi connectivity index (χ3v) is 6.53. The molecule has 1 aliphatic carbocycles. The first-order valence-corrected chi connectivity index (χ1v) is 10.6. The van der Waals surface area contributed by atoms with E-state index in [4.69, 9.17) is 11.6 Å². The van der Waals surface area contributed by atoms with E-state index >= 15 is 0 Å². The fourth-order valence-corrected chi connectivity index (χ4v) is 4.33. The van der Waals surface area contributed by atoms with E-state index in [2.05, 4.69) is 73.3 Å². The summed E-state index contributed by atoms with van der Waals surface area (Å²) in [6.45, 7) is 6.90. The average molecular weight is 370 g/mol. The second kappa shape index (κ2) is 9.58. The van der Waals surface area contributed by atoms with Crippen molar-refractivity contribution in [3.8, 4) is 0 Å². The highest BCUT2D eigenvalue weighted by Gasteiger charge is 2.29. The largest absolute Gasteiger partial charge is 0.301 e. The molecule has 2 heteroatoms. The molecule has 2 aromatic rings. The number of hydrogen-bond acceptors (Lipinski definition) is 1. The molecule has 1 fully saturated rings. The fourth-order valence-electron chi connectivity index (χ4n) is 3.93. The molecule has 0 aliphatic heterocycles. The van der Waals surface area contributed by atoms with Gasteiger partial charge < -0.3 is 4.90 Å². The normalized spacial score (nSPS) is 20.8. The van der Waals surface area contributed by atoms with Crippen molar-refractivity contribution in [2.75, 3.05) is 13.1 Å². The molecule has 1 aliphatic rings. The van der Waals surface area contributed by atoms with E-state index in [1.165, 1.54) is 36.0 Å². The number of alkyl halides is 1. The standard InChI is InChI=1S/C24H32ClN/c1-3-26(18-17-20-7-5-4-6-8-20)19(2)9-10-21-11-13-22(14-12-21)23-15-16-24(23)25/h4-8,11-14,19,23-24H,3,9-10,15-18H2,1-2H3. The van der Waals surface area contributed by atoms with E-state index in [1.54, 1.807) is 0 Å². The lowest BCUT2D eigenvalue weighted by Gasteiger charge is -2.32. The van der Waals surface area contributed by atoms with E-state index in [1.807, 2.05) is 0 Å². The lowest BCUT2D eigenvalue weighted by atomic mass is 9.79. The van der Waals surface area contributed by atoms with E-state index in [9.17, 15) is 0 Å². The summed E-state index contributed by atoms with van der Waals surface area (Å²) >= 11 is 6.31. The van der Waals surface area contributed by atoms with Gasteiger partial charge in [0.15, 0.2) is 0 Å². The second-order valence-electron chi connectivity index (χ2n) is 7.69. The molecule has 0 aromatic heterocycles. The zero-order valence-corrected chi connectivity index (χ0v) is 17.0. The molecular formula is C24H32ClN. The van der Waals surface area contributed by atoms with E-state index in [0.29, 0.717) is 17.3 Å². The molecule has 3 atom stereocenters. The maximum Gasteiger partial charge on any atom is 0.0404 e. The van der Waals surface area contributed by atoms with Gasteiger partial charge >= 0.3 is 0 Å². The lowest BCUT2D eigenvalue weighted by molar-refractivity contribution is 0.212. The van der Waals surface area contributed by atoms with Gasteiger partial charge in [0, 0.05) is 23.9 Å². The van der Waals surface area contributed by atoms with Gasteiger partial charge in [-0.3, -0.25) is 0 Å². The Morgan fingerprint density at radius 3 is 2.23 bits per heavy atom. The van der Waals surface area contributed by atoms with Crippen LogP contribution >= 0.6 is 11.6 Å². The van der Waals surface area contributed by atoms with Crippen LogP contribution in [0.1, 0.15) is 55.7 Å². The maximum atomic E-state index is 6.31. The van der Waals surface area contributed by atoms with Crippen LogP contribution in [0.2, 0.25) is 0 Å². The Balaban J connectivity index is 1.46. The molecule has 1 saturated carbocycles. The first-order valence-electron chi connectivity index (χ1n) is 10.2. The highest BCUT2D eigenvalue weighted by atomic mass is 35.5. The molecule has 0 saturated heterocycles. The molecule has 3 unspecified atom stereocenters. The van der Waals surface area contributed by atoms with Crippen molar-refractivity contribution < 1.29 is 0 Å². The molecule has 0 spiro atoms. The van der Waals surface area contributed by atoms with Crippen LogP contribution in [0.3, 0.4) is 0 Å². The van der Waals surface area contributed by atoms with Crippen LogP contribution in [0, 0.1) is 0 Å². The minimum atomic E-state index is 0.351. The van der Waals surface area contributed by atoms with E-state index in [0.717, 1.165) is 25.9 Å². The predicted molar refractivity (Wildman–Crippen MR) is 113 cm³/mol. The van der Waals surface area contributed by atoms with Gasteiger partial charge in [0.25, 0.3) is 0 Å². The lowest BCUT2D eigenvalue weighted by Crippen LogP contribution is -2.35. The van der Waals surface area contributed by atoms with E-state index in [-0.39, 0.29) is 0 Å².